The molecule has 0 saturated heterocycles. The van der Waals surface area contributed by atoms with Crippen molar-refractivity contribution in [1.29, 1.82) is 0 Å². The van der Waals surface area contributed by atoms with E-state index in [9.17, 15) is 0 Å². The van der Waals surface area contributed by atoms with Crippen LogP contribution >= 0.6 is 0 Å². The van der Waals surface area contributed by atoms with Crippen LogP contribution in [0.1, 0.15) is 5.56 Å². The average molecular weight is 1550 g/mol. The molecule has 13 aromatic rings. The molecule has 0 spiro atoms. The molecule has 18 rings (SSSR count). The van der Waals surface area contributed by atoms with Crippen LogP contribution in [0, 0.1) is 63.1 Å². The van der Waals surface area contributed by atoms with Crippen molar-refractivity contribution < 1.29 is 40.2 Å². The zero-order chi connectivity index (χ0) is 61.2. The maximum atomic E-state index is 4.33. The first-order valence-electron chi connectivity index (χ1n) is 29.8. The zero-order valence-electron chi connectivity index (χ0n) is 51.2. The third-order valence-electron chi connectivity index (χ3n) is 15.7. The van der Waals surface area contributed by atoms with Gasteiger partial charge in [-0.1, -0.05) is 54.6 Å². The molecule has 0 amide bonds. The number of aryl methyl sites for hydroxylation is 2. The molecule has 5 aliphatic rings. The Kier molecular flexibility index (Phi) is 20.6. The number of benzene rings is 10. The fourth-order valence-corrected chi connectivity index (χ4v) is 11.4. The van der Waals surface area contributed by atoms with E-state index in [-0.39, 0.29) is 40.2 Å². The molecule has 464 valence electrons. The molecule has 10 aromatic carbocycles. The predicted molar refractivity (Wildman–Crippen MR) is 368 cm³/mol. The molecule has 5 aliphatic heterocycles. The minimum atomic E-state index is 0. The van der Waals surface area contributed by atoms with Crippen LogP contribution in [-0.2, 0) is 53.2 Å². The standard InChI is InChI=1S/4C14H12N2.C11H9N2.C11H7N2.2Ir/c4*1-15-11-16(12-7-3-2-4-8-12)14-10-6-5-9-13(14)15;2*1-2-4-10-9(3-1)5-7-13-8-6-12-11(10)13;;/h4*2-7,9-11H,1H3;1-3,6,8H,5,7H2;1-3,5-8H;;/q4*-2;2*-1;;. The largest absolute Gasteiger partial charge is 0.504 e. The molecule has 0 bridgehead atoms. The predicted octanol–water partition coefficient (Wildman–Crippen LogP) is 17.0. The Hall–Kier alpha value is -9.94. The summed E-state index contributed by atoms with van der Waals surface area (Å²) in [6.07, 6.45) is 10.7. The van der Waals surface area contributed by atoms with E-state index in [1.807, 2.05) is 126 Å². The molecular weight excluding hydrogens is 1490 g/mol. The Bertz CT molecular complexity index is 4090. The van der Waals surface area contributed by atoms with Gasteiger partial charge in [0.1, 0.15) is 0 Å². The van der Waals surface area contributed by atoms with E-state index in [1.165, 1.54) is 62.0 Å². The molecule has 92 heavy (non-hydrogen) atoms. The molecule has 12 nitrogen and oxygen atoms in total. The van der Waals surface area contributed by atoms with Crippen molar-refractivity contribution in [2.45, 2.75) is 13.0 Å². The molecular formula is C78H64Ir2N12-10. The topological polar surface area (TPSA) is 61.0 Å². The summed E-state index contributed by atoms with van der Waals surface area (Å²) in [7, 11) is 8.23. The SMILES string of the molecule is CN1[CH-]N(c2[c-]cccc2)c2ccccc21.CN1[CH-]N(c2[c-]cccc2)c2ccccc21.CN1[CH-]N(c2[c-]cccc2)c2ccccc21.CN1[CH-]N(c2[c-]cccc2)c2ccccc21.[Ir].[Ir].[c-]1cccc2c1-c1nccn1CC2.[c-]1cccc2ccn3ccnc3c12. The van der Waals surface area contributed by atoms with E-state index in [1.54, 1.807) is 6.20 Å². The normalized spacial score (nSPS) is 13.3. The first-order chi connectivity index (χ1) is 44.3. The van der Waals surface area contributed by atoms with Crippen molar-refractivity contribution in [1.82, 2.24) is 18.9 Å². The second-order valence-corrected chi connectivity index (χ2v) is 21.6. The monoisotopic (exact) mass is 1550 g/mol. The van der Waals surface area contributed by atoms with Gasteiger partial charge in [-0.2, -0.15) is 148 Å². The number of fused-ring (bicyclic) bond motifs is 10. The Morgan fingerprint density at radius 1 is 0.348 bits per heavy atom. The van der Waals surface area contributed by atoms with Gasteiger partial charge in [-0.25, -0.2) is 0 Å². The maximum Gasteiger partial charge on any atom is 0.0603 e. The number of rotatable bonds is 4. The van der Waals surface area contributed by atoms with Gasteiger partial charge in [-0.15, -0.1) is 93.2 Å². The van der Waals surface area contributed by atoms with E-state index < -0.39 is 0 Å². The van der Waals surface area contributed by atoms with E-state index in [0.717, 1.165) is 52.6 Å². The zero-order valence-corrected chi connectivity index (χ0v) is 56.0. The second kappa shape index (κ2) is 29.8. The van der Waals surface area contributed by atoms with Gasteiger partial charge >= 0.3 is 0 Å². The Labute approximate surface area is 567 Å². The fraction of sp³-hybridized carbons (Fsp3) is 0.0769. The van der Waals surface area contributed by atoms with E-state index in [4.69, 9.17) is 0 Å². The van der Waals surface area contributed by atoms with E-state index in [2.05, 4.69) is 285 Å². The number of para-hydroxylation sites is 12. The molecule has 0 aliphatic carbocycles. The van der Waals surface area contributed by atoms with Crippen LogP contribution < -0.4 is 39.2 Å². The van der Waals surface area contributed by atoms with Gasteiger partial charge in [-0.3, -0.25) is 9.97 Å². The Morgan fingerprint density at radius 2 is 0.717 bits per heavy atom. The van der Waals surface area contributed by atoms with Gasteiger partial charge in [0.05, 0.1) is 11.5 Å². The quantitative estimate of drug-likeness (QED) is 0.159. The smallest absolute Gasteiger partial charge is 0.0603 e. The summed E-state index contributed by atoms with van der Waals surface area (Å²) in [5.41, 5.74) is 17.5. The Morgan fingerprint density at radius 3 is 1.13 bits per heavy atom. The minimum Gasteiger partial charge on any atom is -0.504 e. The van der Waals surface area contributed by atoms with E-state index >= 15 is 0 Å². The van der Waals surface area contributed by atoms with Crippen LogP contribution in [0.4, 0.5) is 68.2 Å². The molecule has 0 atom stereocenters. The summed E-state index contributed by atoms with van der Waals surface area (Å²) < 4.78 is 4.18. The number of hydrogen-bond acceptors (Lipinski definition) is 10. The van der Waals surface area contributed by atoms with Crippen LogP contribution in [0.5, 0.6) is 0 Å². The van der Waals surface area contributed by atoms with Gasteiger partial charge in [0.2, 0.25) is 0 Å². The molecule has 0 saturated carbocycles. The van der Waals surface area contributed by atoms with Crippen LogP contribution in [-0.4, -0.2) is 47.1 Å². The molecule has 0 fully saturated rings. The van der Waals surface area contributed by atoms with Crippen molar-refractivity contribution in [3.05, 3.63) is 336 Å². The first kappa shape index (κ1) is 63.6. The third-order valence-corrected chi connectivity index (χ3v) is 15.7. The van der Waals surface area contributed by atoms with Gasteiger partial charge in [0.25, 0.3) is 0 Å². The number of pyridine rings is 1. The summed E-state index contributed by atoms with van der Waals surface area (Å²) in [4.78, 5) is 25.7. The van der Waals surface area contributed by atoms with Crippen LogP contribution in [0.15, 0.2) is 268 Å². The number of anilines is 12. The molecule has 3 aromatic heterocycles. The molecule has 0 unspecified atom stereocenters. The van der Waals surface area contributed by atoms with Crippen LogP contribution in [0.25, 0.3) is 27.8 Å². The fourth-order valence-electron chi connectivity index (χ4n) is 11.4. The number of hydrogen-bond donors (Lipinski definition) is 0. The molecule has 14 heteroatoms. The van der Waals surface area contributed by atoms with E-state index in [0.29, 0.717) is 0 Å². The van der Waals surface area contributed by atoms with Crippen molar-refractivity contribution in [2.75, 3.05) is 67.4 Å². The summed E-state index contributed by atoms with van der Waals surface area (Å²) in [6.45, 7) is 9.36. The minimum absolute atomic E-state index is 0. The second-order valence-electron chi connectivity index (χ2n) is 21.6. The molecule has 2 radical (unpaired) electrons. The number of nitrogens with zero attached hydrogens (tertiary/aromatic N) is 12. The Balaban J connectivity index is 0.000000113. The van der Waals surface area contributed by atoms with Crippen molar-refractivity contribution in [3.8, 4) is 11.4 Å². The average Bonchev–Trinajstić information content (AvgIpc) is 1.80. The van der Waals surface area contributed by atoms with Gasteiger partial charge in [0, 0.05) is 117 Å². The summed E-state index contributed by atoms with van der Waals surface area (Å²) in [6, 6.07) is 99.0. The first-order valence-corrected chi connectivity index (χ1v) is 29.8. The maximum absolute atomic E-state index is 4.33. The van der Waals surface area contributed by atoms with Crippen LogP contribution in [0.3, 0.4) is 0 Å². The summed E-state index contributed by atoms with van der Waals surface area (Å²) in [5, 5.41) is 2.26. The molecule has 0 N–H and O–H groups in total. The van der Waals surface area contributed by atoms with Gasteiger partial charge < -0.3 is 48.2 Å². The van der Waals surface area contributed by atoms with Crippen LogP contribution in [0.2, 0.25) is 0 Å². The number of imidazole rings is 2. The van der Waals surface area contributed by atoms with Crippen molar-refractivity contribution in [3.63, 3.8) is 0 Å². The summed E-state index contributed by atoms with van der Waals surface area (Å²) >= 11 is 0. The van der Waals surface area contributed by atoms with Crippen molar-refractivity contribution >= 4 is 84.7 Å². The summed E-state index contributed by atoms with van der Waals surface area (Å²) in [5.74, 6) is 1.06. The van der Waals surface area contributed by atoms with Crippen molar-refractivity contribution in [2.24, 2.45) is 0 Å². The molecule has 8 heterocycles. The third kappa shape index (κ3) is 13.9. The number of aromatic nitrogens is 4. The van der Waals surface area contributed by atoms with Gasteiger partial charge in [0.15, 0.2) is 0 Å². The van der Waals surface area contributed by atoms with Gasteiger partial charge in [-0.05, 0) is 89.3 Å².